The van der Waals surface area contributed by atoms with Gasteiger partial charge in [0.25, 0.3) is 0 Å². The SMILES string of the molecule is O=C(O)c1ccccc1/C=C1\Oc2cc(Cl)ccc2C1=O. The van der Waals surface area contributed by atoms with Crippen molar-refractivity contribution in [2.24, 2.45) is 0 Å². The van der Waals surface area contributed by atoms with Crippen molar-refractivity contribution in [3.8, 4) is 5.75 Å². The van der Waals surface area contributed by atoms with E-state index in [-0.39, 0.29) is 17.1 Å². The number of carboxylic acid groups (broad SMARTS) is 1. The van der Waals surface area contributed by atoms with E-state index < -0.39 is 5.97 Å². The van der Waals surface area contributed by atoms with Crippen molar-refractivity contribution in [2.75, 3.05) is 0 Å². The van der Waals surface area contributed by atoms with Gasteiger partial charge in [-0.2, -0.15) is 0 Å². The van der Waals surface area contributed by atoms with Crippen LogP contribution in [-0.2, 0) is 0 Å². The maximum absolute atomic E-state index is 12.2. The molecule has 0 fully saturated rings. The number of rotatable bonds is 2. The van der Waals surface area contributed by atoms with Gasteiger partial charge in [0.1, 0.15) is 5.75 Å². The lowest BCUT2D eigenvalue weighted by molar-refractivity contribution is 0.0696. The maximum Gasteiger partial charge on any atom is 0.336 e. The number of ketones is 1. The monoisotopic (exact) mass is 300 g/mol. The lowest BCUT2D eigenvalue weighted by Gasteiger charge is -2.02. The predicted molar refractivity (Wildman–Crippen MR) is 77.8 cm³/mol. The second-order valence-corrected chi connectivity index (χ2v) is 4.91. The van der Waals surface area contributed by atoms with Gasteiger partial charge < -0.3 is 9.84 Å². The third kappa shape index (κ3) is 2.41. The van der Waals surface area contributed by atoms with Crippen LogP contribution in [0.15, 0.2) is 48.2 Å². The molecule has 1 N–H and O–H groups in total. The van der Waals surface area contributed by atoms with Crippen molar-refractivity contribution in [3.05, 3.63) is 69.9 Å². The van der Waals surface area contributed by atoms with Crippen LogP contribution in [0.1, 0.15) is 26.3 Å². The highest BCUT2D eigenvalue weighted by Crippen LogP contribution is 2.34. The Hall–Kier alpha value is -2.59. The number of allylic oxidation sites excluding steroid dienone is 1. The number of carbonyl (C=O) groups is 2. The van der Waals surface area contributed by atoms with Crippen LogP contribution in [-0.4, -0.2) is 16.9 Å². The van der Waals surface area contributed by atoms with E-state index in [9.17, 15) is 9.59 Å². The van der Waals surface area contributed by atoms with Crippen LogP contribution in [0.5, 0.6) is 5.75 Å². The summed E-state index contributed by atoms with van der Waals surface area (Å²) in [7, 11) is 0. The Morgan fingerprint density at radius 2 is 1.95 bits per heavy atom. The molecule has 0 aromatic heterocycles. The van der Waals surface area contributed by atoms with E-state index in [0.29, 0.717) is 21.9 Å². The Bertz CT molecular complexity index is 793. The molecule has 3 rings (SSSR count). The standard InChI is InChI=1S/C16H9ClO4/c17-10-5-6-12-13(8-10)21-14(15(12)18)7-9-3-1-2-4-11(9)16(19)20/h1-8H,(H,19,20)/b14-7-. The molecule has 0 atom stereocenters. The second kappa shape index (κ2) is 5.07. The molecule has 2 aromatic carbocycles. The Morgan fingerprint density at radius 1 is 1.19 bits per heavy atom. The summed E-state index contributed by atoms with van der Waals surface area (Å²) in [6.07, 6.45) is 1.43. The number of carbonyl (C=O) groups excluding carboxylic acids is 1. The van der Waals surface area contributed by atoms with Gasteiger partial charge in [0.05, 0.1) is 11.1 Å². The van der Waals surface area contributed by atoms with Gasteiger partial charge >= 0.3 is 5.97 Å². The zero-order chi connectivity index (χ0) is 15.0. The van der Waals surface area contributed by atoms with Crippen LogP contribution < -0.4 is 4.74 Å². The van der Waals surface area contributed by atoms with Gasteiger partial charge in [0.2, 0.25) is 5.78 Å². The van der Waals surface area contributed by atoms with E-state index in [0.717, 1.165) is 0 Å². The minimum atomic E-state index is -1.06. The summed E-state index contributed by atoms with van der Waals surface area (Å²) < 4.78 is 5.47. The molecular weight excluding hydrogens is 292 g/mol. The van der Waals surface area contributed by atoms with Crippen molar-refractivity contribution in [2.45, 2.75) is 0 Å². The lowest BCUT2D eigenvalue weighted by Crippen LogP contribution is -2.02. The average Bonchev–Trinajstić information content (AvgIpc) is 2.75. The van der Waals surface area contributed by atoms with Gasteiger partial charge in [-0.15, -0.1) is 0 Å². The first-order valence-electron chi connectivity index (χ1n) is 6.12. The van der Waals surface area contributed by atoms with Crippen molar-refractivity contribution in [3.63, 3.8) is 0 Å². The van der Waals surface area contributed by atoms with Gasteiger partial charge in [-0.1, -0.05) is 29.8 Å². The summed E-state index contributed by atoms with van der Waals surface area (Å²) in [6.45, 7) is 0. The number of ether oxygens (including phenoxy) is 1. The highest BCUT2D eigenvalue weighted by Gasteiger charge is 2.27. The fraction of sp³-hybridized carbons (Fsp3) is 0. The molecular formula is C16H9ClO4. The highest BCUT2D eigenvalue weighted by molar-refractivity contribution is 6.31. The number of benzene rings is 2. The summed E-state index contributed by atoms with van der Waals surface area (Å²) >= 11 is 5.86. The molecule has 1 heterocycles. The Balaban J connectivity index is 2.04. The van der Waals surface area contributed by atoms with Gasteiger partial charge in [-0.3, -0.25) is 4.79 Å². The number of Topliss-reactive ketones (excluding diaryl/α,β-unsaturated/α-hetero) is 1. The fourth-order valence-corrected chi connectivity index (χ4v) is 2.28. The fourth-order valence-electron chi connectivity index (χ4n) is 2.12. The third-order valence-corrected chi connectivity index (χ3v) is 3.34. The molecule has 5 heteroatoms. The van der Waals surface area contributed by atoms with E-state index in [2.05, 4.69) is 0 Å². The van der Waals surface area contributed by atoms with Gasteiger partial charge in [0.15, 0.2) is 5.76 Å². The average molecular weight is 301 g/mol. The maximum atomic E-state index is 12.2. The molecule has 0 amide bonds. The Kier molecular flexibility index (Phi) is 3.23. The summed E-state index contributed by atoms with van der Waals surface area (Å²) in [5, 5.41) is 9.61. The third-order valence-electron chi connectivity index (χ3n) is 3.11. The Morgan fingerprint density at radius 3 is 2.71 bits per heavy atom. The van der Waals surface area contributed by atoms with Gasteiger partial charge in [-0.25, -0.2) is 4.79 Å². The molecule has 0 aliphatic carbocycles. The van der Waals surface area contributed by atoms with E-state index in [1.807, 2.05) is 0 Å². The predicted octanol–water partition coefficient (Wildman–Crippen LogP) is 3.65. The molecule has 0 radical (unpaired) electrons. The zero-order valence-corrected chi connectivity index (χ0v) is 11.4. The summed E-state index contributed by atoms with van der Waals surface area (Å²) in [5.74, 6) is -0.886. The van der Waals surface area contributed by atoms with Crippen molar-refractivity contribution >= 4 is 29.4 Å². The van der Waals surface area contributed by atoms with E-state index >= 15 is 0 Å². The van der Waals surface area contributed by atoms with E-state index in [4.69, 9.17) is 21.4 Å². The number of aromatic carboxylic acids is 1. The number of fused-ring (bicyclic) bond motifs is 1. The first-order chi connectivity index (χ1) is 10.1. The topological polar surface area (TPSA) is 63.6 Å². The van der Waals surface area contributed by atoms with Crippen molar-refractivity contribution < 1.29 is 19.4 Å². The van der Waals surface area contributed by atoms with Crippen LogP contribution in [0.4, 0.5) is 0 Å². The van der Waals surface area contributed by atoms with Gasteiger partial charge in [0, 0.05) is 11.1 Å². The smallest absolute Gasteiger partial charge is 0.336 e. The van der Waals surface area contributed by atoms with Gasteiger partial charge in [-0.05, 0) is 29.8 Å². The largest absolute Gasteiger partial charge is 0.478 e. The zero-order valence-electron chi connectivity index (χ0n) is 10.7. The van der Waals surface area contributed by atoms with Crippen LogP contribution in [0.25, 0.3) is 6.08 Å². The molecule has 0 saturated heterocycles. The first-order valence-corrected chi connectivity index (χ1v) is 6.50. The molecule has 0 unspecified atom stereocenters. The molecule has 1 aliphatic rings. The molecule has 21 heavy (non-hydrogen) atoms. The van der Waals surface area contributed by atoms with Crippen LogP contribution in [0.3, 0.4) is 0 Å². The second-order valence-electron chi connectivity index (χ2n) is 4.47. The number of carboxylic acids is 1. The number of hydrogen-bond donors (Lipinski definition) is 1. The van der Waals surface area contributed by atoms with Crippen LogP contribution >= 0.6 is 11.6 Å². The molecule has 1 aliphatic heterocycles. The summed E-state index contributed by atoms with van der Waals surface area (Å²) in [6, 6.07) is 11.2. The molecule has 0 saturated carbocycles. The van der Waals surface area contributed by atoms with Crippen LogP contribution in [0, 0.1) is 0 Å². The Labute approximate surface area is 125 Å². The molecule has 0 spiro atoms. The number of hydrogen-bond acceptors (Lipinski definition) is 3. The quantitative estimate of drug-likeness (QED) is 0.860. The van der Waals surface area contributed by atoms with Crippen molar-refractivity contribution in [1.82, 2.24) is 0 Å². The summed E-state index contributed by atoms with van der Waals surface area (Å²) in [5.41, 5.74) is 0.932. The first kappa shape index (κ1) is 13.4. The molecule has 4 nitrogen and oxygen atoms in total. The normalized spacial score (nSPS) is 14.9. The summed E-state index contributed by atoms with van der Waals surface area (Å²) in [4.78, 5) is 23.4. The highest BCUT2D eigenvalue weighted by atomic mass is 35.5. The van der Waals surface area contributed by atoms with E-state index in [1.54, 1.807) is 36.4 Å². The lowest BCUT2D eigenvalue weighted by atomic mass is 10.0. The minimum Gasteiger partial charge on any atom is -0.478 e. The minimum absolute atomic E-state index is 0.0842. The number of halogens is 1. The molecule has 2 aromatic rings. The van der Waals surface area contributed by atoms with E-state index in [1.165, 1.54) is 12.1 Å². The van der Waals surface area contributed by atoms with Crippen LogP contribution in [0.2, 0.25) is 5.02 Å². The molecule has 0 bridgehead atoms. The van der Waals surface area contributed by atoms with Crippen molar-refractivity contribution in [1.29, 1.82) is 0 Å². The molecule has 104 valence electrons.